The fraction of sp³-hybridized carbons (Fsp3) is 0.290. The van der Waals surface area contributed by atoms with Crippen molar-refractivity contribution in [2.24, 2.45) is 4.99 Å². The lowest BCUT2D eigenvalue weighted by atomic mass is 10.0. The van der Waals surface area contributed by atoms with E-state index in [4.69, 9.17) is 23.7 Å². The first-order valence-corrected chi connectivity index (χ1v) is 14.6. The summed E-state index contributed by atoms with van der Waals surface area (Å²) in [6.07, 6.45) is -2.48. The zero-order valence-corrected chi connectivity index (χ0v) is 25.4. The molecule has 1 saturated heterocycles. The quantitative estimate of drug-likeness (QED) is 0.280. The Morgan fingerprint density at radius 3 is 2.09 bits per heavy atom. The first-order valence-electron chi connectivity index (χ1n) is 13.7. The lowest BCUT2D eigenvalue weighted by molar-refractivity contribution is -0.280. The fourth-order valence-corrected chi connectivity index (χ4v) is 6.06. The Labute approximate surface area is 261 Å². The number of carbonyl (C=O) groups excluding carboxylic acids is 4. The number of fused-ring (bicyclic) bond motifs is 1. The molecule has 0 spiro atoms. The van der Waals surface area contributed by atoms with E-state index < -0.39 is 53.9 Å². The van der Waals surface area contributed by atoms with Gasteiger partial charge in [0.05, 0.1) is 11.4 Å². The molecule has 3 aromatic rings. The predicted molar refractivity (Wildman–Crippen MR) is 161 cm³/mol. The van der Waals surface area contributed by atoms with E-state index in [1.165, 1.54) is 4.57 Å². The Kier molecular flexibility index (Phi) is 9.34. The number of thioether (sulfide) groups is 1. The van der Waals surface area contributed by atoms with Gasteiger partial charge in [-0.3, -0.25) is 28.7 Å². The number of allylic oxidation sites excluding steroid dienone is 1. The van der Waals surface area contributed by atoms with Crippen molar-refractivity contribution in [3.05, 3.63) is 65.9 Å². The Morgan fingerprint density at radius 2 is 1.42 bits per heavy atom. The van der Waals surface area contributed by atoms with Gasteiger partial charge in [-0.1, -0.05) is 48.2 Å². The van der Waals surface area contributed by atoms with E-state index in [0.717, 1.165) is 56.3 Å². The molecule has 1 aromatic heterocycles. The van der Waals surface area contributed by atoms with Gasteiger partial charge in [-0.2, -0.15) is 0 Å². The Hall–Kier alpha value is -4.95. The van der Waals surface area contributed by atoms with Crippen LogP contribution in [0.25, 0.3) is 17.3 Å². The molecule has 2 aliphatic heterocycles. The van der Waals surface area contributed by atoms with Crippen LogP contribution < -0.4 is 0 Å². The van der Waals surface area contributed by atoms with Crippen molar-refractivity contribution in [3.8, 4) is 11.6 Å². The first kappa shape index (κ1) is 31.5. The summed E-state index contributed by atoms with van der Waals surface area (Å²) in [4.78, 5) is 57.6. The van der Waals surface area contributed by atoms with Gasteiger partial charge >= 0.3 is 23.9 Å². The molecule has 0 aliphatic carbocycles. The van der Waals surface area contributed by atoms with Gasteiger partial charge in [0.2, 0.25) is 18.3 Å². The van der Waals surface area contributed by atoms with Gasteiger partial charge in [0.25, 0.3) is 0 Å². The van der Waals surface area contributed by atoms with Crippen LogP contribution in [-0.2, 0) is 42.9 Å². The standard InChI is InChI=1S/C31H29N3O10S/c1-16(35)40-25-26(41-17(2)36)29(43-19(4)38)44-30(27(25)42-18(3)37)45-31-33-24(28(39)34(31)21-10-6-5-7-11-21)14-20-15-32-23-13-9-8-12-22(20)23/h5-15,25-27,29-30,39H,1-4H3/b20-14+/t25-,26-,27+,29-,30-/m0/s1. The van der Waals surface area contributed by atoms with E-state index >= 15 is 0 Å². The smallest absolute Gasteiger partial charge is 0.305 e. The Bertz CT molecular complexity index is 1690. The normalized spacial score (nSPS) is 22.8. The lowest BCUT2D eigenvalue weighted by Gasteiger charge is -2.43. The summed E-state index contributed by atoms with van der Waals surface area (Å²) in [5.41, 5.74) is 1.85. The number of ether oxygens (including phenoxy) is 5. The van der Waals surface area contributed by atoms with Crippen LogP contribution in [0.5, 0.6) is 5.88 Å². The minimum atomic E-state index is -1.55. The highest BCUT2D eigenvalue weighted by Gasteiger charge is 2.54. The van der Waals surface area contributed by atoms with Crippen molar-refractivity contribution in [3.63, 3.8) is 0 Å². The molecule has 1 N–H and O–H groups in total. The van der Waals surface area contributed by atoms with Gasteiger partial charge in [0, 0.05) is 45.0 Å². The number of rotatable bonds is 8. The number of para-hydroxylation sites is 2. The van der Waals surface area contributed by atoms with E-state index in [9.17, 15) is 24.3 Å². The highest BCUT2D eigenvalue weighted by molar-refractivity contribution is 7.99. The average molecular weight is 636 g/mol. The van der Waals surface area contributed by atoms with Gasteiger partial charge in [0.1, 0.15) is 5.69 Å². The molecule has 5 atom stereocenters. The van der Waals surface area contributed by atoms with Crippen molar-refractivity contribution >= 4 is 59.2 Å². The maximum atomic E-state index is 12.3. The Morgan fingerprint density at radius 1 is 0.822 bits per heavy atom. The molecule has 234 valence electrons. The third kappa shape index (κ3) is 7.07. The fourth-order valence-electron chi connectivity index (χ4n) is 4.89. The van der Waals surface area contributed by atoms with Crippen LogP contribution in [0.3, 0.4) is 0 Å². The van der Waals surface area contributed by atoms with E-state index in [0.29, 0.717) is 5.69 Å². The second-order valence-corrected chi connectivity index (χ2v) is 11.0. The highest BCUT2D eigenvalue weighted by atomic mass is 32.2. The zero-order chi connectivity index (χ0) is 32.2. The predicted octanol–water partition coefficient (Wildman–Crippen LogP) is 3.97. The number of hydrogen-bond acceptors (Lipinski definition) is 13. The third-order valence-electron chi connectivity index (χ3n) is 6.57. The number of hydrogen-bond donors (Lipinski definition) is 1. The SMILES string of the molecule is CC(=O)O[C@H]1O[C@@H](Sc2nc(/C=C3\C=Nc4ccccc43)c(O)n2-c2ccccc2)[C@H](OC(C)=O)[C@@H](OC(C)=O)[C@@H]1OC(C)=O. The second-order valence-electron chi connectivity index (χ2n) is 9.97. The second kappa shape index (κ2) is 13.4. The summed E-state index contributed by atoms with van der Waals surface area (Å²) in [6, 6.07) is 16.4. The maximum Gasteiger partial charge on any atom is 0.305 e. The van der Waals surface area contributed by atoms with Crippen LogP contribution in [-0.4, -0.2) is 74.8 Å². The summed E-state index contributed by atoms with van der Waals surface area (Å²) >= 11 is 0.904. The van der Waals surface area contributed by atoms with Gasteiger partial charge in [0.15, 0.2) is 22.8 Å². The van der Waals surface area contributed by atoms with Crippen molar-refractivity contribution in [1.82, 2.24) is 9.55 Å². The van der Waals surface area contributed by atoms with E-state index in [1.807, 2.05) is 30.3 Å². The number of carbonyl (C=O) groups is 4. The number of nitrogens with zero attached hydrogens (tertiary/aromatic N) is 3. The van der Waals surface area contributed by atoms with E-state index in [-0.39, 0.29) is 16.7 Å². The highest BCUT2D eigenvalue weighted by Crippen LogP contribution is 2.41. The van der Waals surface area contributed by atoms with Crippen LogP contribution in [0.4, 0.5) is 5.69 Å². The van der Waals surface area contributed by atoms with Crippen LogP contribution in [0, 0.1) is 0 Å². The molecule has 13 nitrogen and oxygen atoms in total. The van der Waals surface area contributed by atoms with Gasteiger partial charge in [-0.25, -0.2) is 4.98 Å². The molecular weight excluding hydrogens is 606 g/mol. The molecular formula is C31H29N3O10S. The van der Waals surface area contributed by atoms with Crippen molar-refractivity contribution in [1.29, 1.82) is 0 Å². The zero-order valence-electron chi connectivity index (χ0n) is 24.6. The van der Waals surface area contributed by atoms with Crippen LogP contribution >= 0.6 is 11.8 Å². The molecule has 0 amide bonds. The minimum Gasteiger partial charge on any atom is -0.493 e. The molecule has 14 heteroatoms. The molecule has 0 unspecified atom stereocenters. The minimum absolute atomic E-state index is 0.185. The van der Waals surface area contributed by atoms with Gasteiger partial charge in [-0.15, -0.1) is 0 Å². The maximum absolute atomic E-state index is 12.3. The summed E-state index contributed by atoms with van der Waals surface area (Å²) in [5.74, 6) is -3.30. The topological polar surface area (TPSA) is 165 Å². The Balaban J connectivity index is 1.60. The number of aromatic nitrogens is 2. The molecule has 45 heavy (non-hydrogen) atoms. The van der Waals surface area contributed by atoms with Crippen LogP contribution in [0.2, 0.25) is 0 Å². The number of aromatic hydroxyl groups is 1. The number of aliphatic imine (C=N–C) groups is 1. The monoisotopic (exact) mass is 635 g/mol. The van der Waals surface area contributed by atoms with E-state index in [1.54, 1.807) is 36.6 Å². The molecule has 0 radical (unpaired) electrons. The summed E-state index contributed by atoms with van der Waals surface area (Å²) in [5, 5.41) is 11.7. The van der Waals surface area contributed by atoms with Crippen molar-refractivity contribution in [2.45, 2.75) is 62.9 Å². The summed E-state index contributed by atoms with van der Waals surface area (Å²) in [6.45, 7) is 4.51. The average Bonchev–Trinajstić information content (AvgIpc) is 3.52. The molecule has 2 aromatic carbocycles. The van der Waals surface area contributed by atoms with Gasteiger partial charge in [-0.05, 0) is 24.3 Å². The third-order valence-corrected chi connectivity index (χ3v) is 7.67. The molecule has 2 aliphatic rings. The van der Waals surface area contributed by atoms with Crippen LogP contribution in [0.1, 0.15) is 39.0 Å². The number of benzene rings is 2. The first-order chi connectivity index (χ1) is 21.5. The largest absolute Gasteiger partial charge is 0.493 e. The van der Waals surface area contributed by atoms with Crippen molar-refractivity contribution < 1.29 is 48.0 Å². The van der Waals surface area contributed by atoms with Crippen molar-refractivity contribution in [2.75, 3.05) is 0 Å². The molecule has 1 fully saturated rings. The lowest BCUT2D eigenvalue weighted by Crippen LogP contribution is -2.61. The van der Waals surface area contributed by atoms with E-state index in [2.05, 4.69) is 9.98 Å². The summed E-state index contributed by atoms with van der Waals surface area (Å²) in [7, 11) is 0. The molecule has 3 heterocycles. The molecule has 0 saturated carbocycles. The number of esters is 4. The molecule has 5 rings (SSSR count). The van der Waals surface area contributed by atoms with Gasteiger partial charge < -0.3 is 28.8 Å². The number of imidazole rings is 1. The van der Waals surface area contributed by atoms with Crippen LogP contribution in [0.15, 0.2) is 64.7 Å². The molecule has 0 bridgehead atoms. The summed E-state index contributed by atoms with van der Waals surface area (Å²) < 4.78 is 29.2.